The Kier molecular flexibility index (Phi) is 5.35. The molecule has 10 heteroatoms. The Morgan fingerprint density at radius 3 is 2.60 bits per heavy atom. The van der Waals surface area contributed by atoms with Gasteiger partial charge in [-0.05, 0) is 36.4 Å². The van der Waals surface area contributed by atoms with Crippen LogP contribution in [0.1, 0.15) is 5.56 Å². The van der Waals surface area contributed by atoms with Gasteiger partial charge in [0.25, 0.3) is 10.0 Å². The van der Waals surface area contributed by atoms with Gasteiger partial charge in [0.1, 0.15) is 4.90 Å². The molecular weight excluding hydrogens is 422 g/mol. The summed E-state index contributed by atoms with van der Waals surface area (Å²) >= 11 is 1.53. The first-order valence-corrected chi connectivity index (χ1v) is 11.3. The molecule has 1 aliphatic heterocycles. The number of nitrogens with one attached hydrogen (secondary N) is 1. The lowest BCUT2D eigenvalue weighted by Gasteiger charge is -2.18. The molecule has 0 saturated heterocycles. The molecule has 0 atom stereocenters. The third kappa shape index (κ3) is 4.10. The van der Waals surface area contributed by atoms with Crippen molar-refractivity contribution in [3.8, 4) is 0 Å². The number of benzene rings is 2. The number of hydrogen-bond acceptors (Lipinski definition) is 6. The number of imidazole rings is 1. The van der Waals surface area contributed by atoms with Crippen LogP contribution in [-0.4, -0.2) is 48.2 Å². The Hall–Kier alpha value is -3.11. The predicted molar refractivity (Wildman–Crippen MR) is 115 cm³/mol. The molecule has 2 aromatic carbocycles. The lowest BCUT2D eigenvalue weighted by Crippen LogP contribution is -2.34. The van der Waals surface area contributed by atoms with E-state index < -0.39 is 10.0 Å². The average molecular weight is 442 g/mol. The van der Waals surface area contributed by atoms with Gasteiger partial charge in [0.15, 0.2) is 11.0 Å². The first-order chi connectivity index (χ1) is 14.3. The number of sulfonamides is 1. The molecule has 1 N–H and O–H groups in total. The van der Waals surface area contributed by atoms with Gasteiger partial charge in [0.2, 0.25) is 5.91 Å². The van der Waals surface area contributed by atoms with E-state index in [-0.39, 0.29) is 23.2 Å². The standard InChI is InChI=1S/C20H19N5O3S2/c1-24-12-11-21-20(24)29-15-9-7-14(8-10-15)22-18(26)13-25(2)19-16-5-3-4-6-17(16)30(27,28)23-19/h3-12H,13H2,1-2H3,(H,22,26). The summed E-state index contributed by atoms with van der Waals surface area (Å²) in [4.78, 5) is 19.4. The maximum absolute atomic E-state index is 12.5. The number of rotatable bonds is 5. The van der Waals surface area contributed by atoms with Crippen LogP contribution >= 0.6 is 11.8 Å². The molecule has 1 aliphatic rings. The molecule has 3 aromatic rings. The van der Waals surface area contributed by atoms with Crippen molar-refractivity contribution in [2.45, 2.75) is 14.9 Å². The summed E-state index contributed by atoms with van der Waals surface area (Å²) in [6.45, 7) is -0.0353. The average Bonchev–Trinajstić information content (AvgIpc) is 3.24. The number of carbonyl (C=O) groups is 1. The van der Waals surface area contributed by atoms with Crippen molar-refractivity contribution in [2.24, 2.45) is 11.4 Å². The minimum Gasteiger partial charge on any atom is -0.349 e. The highest BCUT2D eigenvalue weighted by Gasteiger charge is 2.30. The van der Waals surface area contributed by atoms with E-state index in [0.717, 1.165) is 10.1 Å². The maximum atomic E-state index is 12.5. The van der Waals surface area contributed by atoms with Crippen molar-refractivity contribution in [3.05, 3.63) is 66.5 Å². The molecule has 154 valence electrons. The molecular formula is C20H19N5O3S2. The molecule has 4 rings (SSSR count). The van der Waals surface area contributed by atoms with Crippen LogP contribution < -0.4 is 5.32 Å². The second-order valence-electron chi connectivity index (χ2n) is 6.74. The highest BCUT2D eigenvalue weighted by molar-refractivity contribution is 7.99. The highest BCUT2D eigenvalue weighted by atomic mass is 32.2. The Bertz CT molecular complexity index is 1230. The van der Waals surface area contributed by atoms with E-state index in [1.165, 1.54) is 22.7 Å². The number of amidine groups is 1. The van der Waals surface area contributed by atoms with Gasteiger partial charge in [-0.1, -0.05) is 23.9 Å². The minimum absolute atomic E-state index is 0.0353. The molecule has 0 unspecified atom stereocenters. The number of likely N-dealkylation sites (N-methyl/N-ethyl adjacent to an activating group) is 1. The van der Waals surface area contributed by atoms with Crippen LogP contribution in [0.3, 0.4) is 0 Å². The number of anilines is 1. The van der Waals surface area contributed by atoms with Gasteiger partial charge in [0, 0.05) is 42.6 Å². The van der Waals surface area contributed by atoms with Gasteiger partial charge in [-0.25, -0.2) is 4.98 Å². The van der Waals surface area contributed by atoms with Crippen molar-refractivity contribution in [1.82, 2.24) is 14.5 Å². The summed E-state index contributed by atoms with van der Waals surface area (Å²) in [5, 5.41) is 3.70. The van der Waals surface area contributed by atoms with Crippen LogP contribution in [0, 0.1) is 0 Å². The SMILES string of the molecule is CN(CC(=O)Nc1ccc(Sc2nccn2C)cc1)C1=NS(=O)(=O)c2ccccc21. The number of carbonyl (C=O) groups excluding carboxylic acids is 1. The highest BCUT2D eigenvalue weighted by Crippen LogP contribution is 2.28. The van der Waals surface area contributed by atoms with Crippen molar-refractivity contribution in [2.75, 3.05) is 18.9 Å². The van der Waals surface area contributed by atoms with Crippen LogP contribution in [0.4, 0.5) is 5.69 Å². The number of nitrogens with zero attached hydrogens (tertiary/aromatic N) is 4. The Labute approximate surface area is 178 Å². The predicted octanol–water partition coefficient (Wildman–Crippen LogP) is 2.59. The minimum atomic E-state index is -3.72. The molecule has 0 aliphatic carbocycles. The van der Waals surface area contributed by atoms with E-state index in [2.05, 4.69) is 14.7 Å². The molecule has 0 spiro atoms. The molecule has 1 amide bonds. The second-order valence-corrected chi connectivity index (χ2v) is 9.35. The number of aromatic nitrogens is 2. The molecule has 2 heterocycles. The lowest BCUT2D eigenvalue weighted by atomic mass is 10.2. The molecule has 0 fully saturated rings. The third-order valence-corrected chi connectivity index (χ3v) is 6.89. The van der Waals surface area contributed by atoms with E-state index in [4.69, 9.17) is 0 Å². The summed E-state index contributed by atoms with van der Waals surface area (Å²) in [6.07, 6.45) is 3.62. The van der Waals surface area contributed by atoms with Crippen LogP contribution in [0.25, 0.3) is 0 Å². The second kappa shape index (κ2) is 7.96. The Morgan fingerprint density at radius 1 is 1.17 bits per heavy atom. The third-order valence-electron chi connectivity index (χ3n) is 4.48. The Morgan fingerprint density at radius 2 is 1.90 bits per heavy atom. The number of fused-ring (bicyclic) bond motifs is 1. The summed E-state index contributed by atoms with van der Waals surface area (Å²) in [5.41, 5.74) is 1.16. The van der Waals surface area contributed by atoms with E-state index in [9.17, 15) is 13.2 Å². The molecule has 0 radical (unpaired) electrons. The summed E-state index contributed by atoms with van der Waals surface area (Å²) < 4.78 is 30.1. The first kappa shape index (κ1) is 20.2. The zero-order valence-corrected chi connectivity index (χ0v) is 17.9. The van der Waals surface area contributed by atoms with Crippen LogP contribution in [0.2, 0.25) is 0 Å². The summed E-state index contributed by atoms with van der Waals surface area (Å²) in [6, 6.07) is 14.0. The maximum Gasteiger partial charge on any atom is 0.285 e. The fourth-order valence-corrected chi connectivity index (χ4v) is 5.07. The molecule has 8 nitrogen and oxygen atoms in total. The fraction of sp³-hybridized carbons (Fsp3) is 0.150. The smallest absolute Gasteiger partial charge is 0.285 e. The van der Waals surface area contributed by atoms with Crippen molar-refractivity contribution in [3.63, 3.8) is 0 Å². The number of hydrogen-bond donors (Lipinski definition) is 1. The van der Waals surface area contributed by atoms with Gasteiger partial charge < -0.3 is 14.8 Å². The van der Waals surface area contributed by atoms with E-state index in [1.54, 1.807) is 31.4 Å². The van der Waals surface area contributed by atoms with E-state index >= 15 is 0 Å². The molecule has 1 aromatic heterocycles. The van der Waals surface area contributed by atoms with Crippen molar-refractivity contribution >= 4 is 39.2 Å². The fourth-order valence-electron chi connectivity index (χ4n) is 3.02. The van der Waals surface area contributed by atoms with Crippen molar-refractivity contribution in [1.29, 1.82) is 0 Å². The quantitative estimate of drug-likeness (QED) is 0.654. The molecule has 0 saturated carbocycles. The van der Waals surface area contributed by atoms with Crippen LogP contribution in [0.15, 0.2) is 80.3 Å². The van der Waals surface area contributed by atoms with Gasteiger partial charge in [-0.3, -0.25) is 4.79 Å². The zero-order chi connectivity index (χ0) is 21.3. The molecule has 0 bridgehead atoms. The first-order valence-electron chi connectivity index (χ1n) is 9.04. The van der Waals surface area contributed by atoms with Crippen LogP contribution in [0.5, 0.6) is 0 Å². The van der Waals surface area contributed by atoms with Gasteiger partial charge in [-0.15, -0.1) is 4.40 Å². The number of amides is 1. The van der Waals surface area contributed by atoms with Gasteiger partial charge in [-0.2, -0.15) is 8.42 Å². The van der Waals surface area contributed by atoms with Gasteiger partial charge >= 0.3 is 0 Å². The Balaban J connectivity index is 1.40. The topological polar surface area (TPSA) is 96.7 Å². The number of aryl methyl sites for hydroxylation is 1. The molecule has 30 heavy (non-hydrogen) atoms. The zero-order valence-electron chi connectivity index (χ0n) is 16.3. The monoisotopic (exact) mass is 441 g/mol. The van der Waals surface area contributed by atoms with Crippen molar-refractivity contribution < 1.29 is 13.2 Å². The van der Waals surface area contributed by atoms with E-state index in [1.807, 2.05) is 42.1 Å². The summed E-state index contributed by atoms with van der Waals surface area (Å²) in [5.74, 6) is -0.00551. The van der Waals surface area contributed by atoms with Gasteiger partial charge in [0.05, 0.1) is 6.54 Å². The lowest BCUT2D eigenvalue weighted by molar-refractivity contribution is -0.116. The van der Waals surface area contributed by atoms with Crippen LogP contribution in [-0.2, 0) is 21.9 Å². The van der Waals surface area contributed by atoms with E-state index in [0.29, 0.717) is 11.3 Å². The normalized spacial score (nSPS) is 14.1. The largest absolute Gasteiger partial charge is 0.349 e. The summed E-state index contributed by atoms with van der Waals surface area (Å²) in [7, 11) is -0.148.